The number of pyridine rings is 1. The number of benzene rings is 1. The average Bonchev–Trinajstić information content (AvgIpc) is 2.37. The molecule has 0 fully saturated rings. The lowest BCUT2D eigenvalue weighted by atomic mass is 10.2. The highest BCUT2D eigenvalue weighted by atomic mass is 32.2. The third kappa shape index (κ3) is 3.44. The largest absolute Gasteiger partial charge is 0.295 e. The molecule has 18 heavy (non-hydrogen) atoms. The van der Waals surface area contributed by atoms with Gasteiger partial charge in [-0.3, -0.25) is 4.79 Å². The Kier molecular flexibility index (Phi) is 4.15. The molecule has 2 rings (SSSR count). The van der Waals surface area contributed by atoms with Crippen LogP contribution in [0.25, 0.3) is 0 Å². The maximum atomic E-state index is 11.3. The van der Waals surface area contributed by atoms with Crippen LogP contribution in [-0.2, 0) is 5.75 Å². The van der Waals surface area contributed by atoms with Crippen molar-refractivity contribution in [1.82, 2.24) is 4.98 Å². The van der Waals surface area contributed by atoms with Crippen LogP contribution in [0.2, 0.25) is 0 Å². The van der Waals surface area contributed by atoms with Crippen molar-refractivity contribution in [2.45, 2.75) is 24.6 Å². The van der Waals surface area contributed by atoms with Gasteiger partial charge in [0.25, 0.3) is 0 Å². The smallest absolute Gasteiger partial charge is 0.159 e. The normalized spacial score (nSPS) is 10.3. The molecule has 0 spiro atoms. The Labute approximate surface area is 111 Å². The monoisotopic (exact) mass is 257 g/mol. The number of nitrogens with zero attached hydrogens (tertiary/aromatic N) is 1. The van der Waals surface area contributed by atoms with E-state index >= 15 is 0 Å². The quantitative estimate of drug-likeness (QED) is 0.615. The van der Waals surface area contributed by atoms with E-state index in [2.05, 4.69) is 36.2 Å². The molecule has 1 heterocycles. The second-order valence-electron chi connectivity index (χ2n) is 4.22. The van der Waals surface area contributed by atoms with Gasteiger partial charge in [-0.05, 0) is 31.5 Å². The summed E-state index contributed by atoms with van der Waals surface area (Å²) in [7, 11) is 0. The van der Waals surface area contributed by atoms with Gasteiger partial charge >= 0.3 is 0 Å². The minimum Gasteiger partial charge on any atom is -0.295 e. The molecule has 3 heteroatoms. The van der Waals surface area contributed by atoms with Gasteiger partial charge < -0.3 is 0 Å². The first-order chi connectivity index (χ1) is 8.65. The summed E-state index contributed by atoms with van der Waals surface area (Å²) < 4.78 is 0. The Morgan fingerprint density at radius 1 is 1.28 bits per heavy atom. The van der Waals surface area contributed by atoms with Gasteiger partial charge in [-0.15, -0.1) is 11.8 Å². The van der Waals surface area contributed by atoms with Crippen LogP contribution in [0.15, 0.2) is 47.6 Å². The number of aryl methyl sites for hydroxylation is 1. The third-order valence-corrected chi connectivity index (χ3v) is 3.61. The minimum atomic E-state index is 0.0785. The van der Waals surface area contributed by atoms with E-state index < -0.39 is 0 Å². The Hall–Kier alpha value is -1.61. The van der Waals surface area contributed by atoms with E-state index in [1.807, 2.05) is 6.07 Å². The van der Waals surface area contributed by atoms with Gasteiger partial charge in [0, 0.05) is 17.5 Å². The number of ketones is 1. The molecule has 2 aromatic rings. The van der Waals surface area contributed by atoms with E-state index in [1.54, 1.807) is 30.9 Å². The van der Waals surface area contributed by atoms with Crippen molar-refractivity contribution in [3.05, 3.63) is 59.3 Å². The Balaban J connectivity index is 2.06. The van der Waals surface area contributed by atoms with Crippen LogP contribution < -0.4 is 0 Å². The van der Waals surface area contributed by atoms with Crippen LogP contribution in [0.3, 0.4) is 0 Å². The molecule has 0 N–H and O–H groups in total. The molecule has 0 aliphatic rings. The van der Waals surface area contributed by atoms with Crippen LogP contribution >= 0.6 is 11.8 Å². The predicted molar refractivity (Wildman–Crippen MR) is 75.0 cm³/mol. The van der Waals surface area contributed by atoms with Crippen LogP contribution in [0.5, 0.6) is 0 Å². The molecule has 92 valence electrons. The third-order valence-electron chi connectivity index (χ3n) is 2.61. The van der Waals surface area contributed by atoms with Crippen molar-refractivity contribution < 1.29 is 4.79 Å². The van der Waals surface area contributed by atoms with Crippen molar-refractivity contribution >= 4 is 17.5 Å². The molecule has 0 bridgehead atoms. The standard InChI is InChI=1S/C15H15NOS/c1-11-4-3-5-13(8-11)10-18-15-9-14(12(2)17)6-7-16-15/h3-9H,10H2,1-2H3. The molecule has 1 aromatic heterocycles. The fourth-order valence-electron chi connectivity index (χ4n) is 1.67. The summed E-state index contributed by atoms with van der Waals surface area (Å²) in [6.45, 7) is 3.66. The van der Waals surface area contributed by atoms with Gasteiger partial charge in [0.2, 0.25) is 0 Å². The molecule has 0 aliphatic heterocycles. The number of carbonyl (C=O) groups is 1. The predicted octanol–water partition coefficient (Wildman–Crippen LogP) is 3.88. The molecule has 0 saturated carbocycles. The van der Waals surface area contributed by atoms with Gasteiger partial charge in [0.15, 0.2) is 5.78 Å². The van der Waals surface area contributed by atoms with E-state index in [1.165, 1.54) is 11.1 Å². The molecule has 0 unspecified atom stereocenters. The number of aromatic nitrogens is 1. The molecule has 2 nitrogen and oxygen atoms in total. The second kappa shape index (κ2) is 5.83. The number of rotatable bonds is 4. The van der Waals surface area contributed by atoms with Crippen LogP contribution in [-0.4, -0.2) is 10.8 Å². The maximum absolute atomic E-state index is 11.3. The summed E-state index contributed by atoms with van der Waals surface area (Å²) in [5.41, 5.74) is 3.25. The average molecular weight is 257 g/mol. The number of hydrogen-bond donors (Lipinski definition) is 0. The number of thioether (sulfide) groups is 1. The van der Waals surface area contributed by atoms with Crippen molar-refractivity contribution in [1.29, 1.82) is 0 Å². The lowest BCUT2D eigenvalue weighted by molar-refractivity contribution is 0.101. The van der Waals surface area contributed by atoms with Crippen LogP contribution in [0, 0.1) is 6.92 Å². The summed E-state index contributed by atoms with van der Waals surface area (Å²) in [6, 6.07) is 12.0. The first-order valence-corrected chi connectivity index (χ1v) is 6.79. The van der Waals surface area contributed by atoms with Gasteiger partial charge in [-0.25, -0.2) is 4.98 Å². The van der Waals surface area contributed by atoms with Gasteiger partial charge in [0.05, 0.1) is 5.03 Å². The summed E-state index contributed by atoms with van der Waals surface area (Å²) in [5.74, 6) is 0.950. The Bertz CT molecular complexity index is 566. The molecule has 1 aromatic carbocycles. The molecule has 0 radical (unpaired) electrons. The Morgan fingerprint density at radius 2 is 2.11 bits per heavy atom. The fourth-order valence-corrected chi connectivity index (χ4v) is 2.51. The van der Waals surface area contributed by atoms with Crippen molar-refractivity contribution in [2.24, 2.45) is 0 Å². The summed E-state index contributed by atoms with van der Waals surface area (Å²) in [5, 5.41) is 0.893. The van der Waals surface area contributed by atoms with Crippen LogP contribution in [0.4, 0.5) is 0 Å². The molecular formula is C15H15NOS. The lowest BCUT2D eigenvalue weighted by Crippen LogP contribution is -1.93. The molecule has 0 aliphatic carbocycles. The van der Waals surface area contributed by atoms with Gasteiger partial charge in [-0.2, -0.15) is 0 Å². The van der Waals surface area contributed by atoms with E-state index in [0.717, 1.165) is 16.3 Å². The zero-order chi connectivity index (χ0) is 13.0. The molecule has 0 saturated heterocycles. The summed E-state index contributed by atoms with van der Waals surface area (Å²) in [4.78, 5) is 15.5. The van der Waals surface area contributed by atoms with E-state index in [-0.39, 0.29) is 5.78 Å². The Morgan fingerprint density at radius 3 is 2.83 bits per heavy atom. The fraction of sp³-hybridized carbons (Fsp3) is 0.200. The van der Waals surface area contributed by atoms with Crippen LogP contribution in [0.1, 0.15) is 28.4 Å². The van der Waals surface area contributed by atoms with Crippen molar-refractivity contribution in [3.8, 4) is 0 Å². The highest BCUT2D eigenvalue weighted by Crippen LogP contribution is 2.22. The summed E-state index contributed by atoms with van der Waals surface area (Å²) in [6.07, 6.45) is 1.69. The summed E-state index contributed by atoms with van der Waals surface area (Å²) >= 11 is 1.65. The first-order valence-electron chi connectivity index (χ1n) is 5.80. The van der Waals surface area contributed by atoms with Crippen molar-refractivity contribution in [2.75, 3.05) is 0 Å². The van der Waals surface area contributed by atoms with Crippen molar-refractivity contribution in [3.63, 3.8) is 0 Å². The zero-order valence-electron chi connectivity index (χ0n) is 10.5. The highest BCUT2D eigenvalue weighted by Gasteiger charge is 2.02. The molecule has 0 amide bonds. The maximum Gasteiger partial charge on any atom is 0.159 e. The topological polar surface area (TPSA) is 30.0 Å². The number of hydrogen-bond acceptors (Lipinski definition) is 3. The SMILES string of the molecule is CC(=O)c1ccnc(SCc2cccc(C)c2)c1. The molecule has 0 atom stereocenters. The highest BCUT2D eigenvalue weighted by molar-refractivity contribution is 7.98. The van der Waals surface area contributed by atoms with Gasteiger partial charge in [-0.1, -0.05) is 29.8 Å². The lowest BCUT2D eigenvalue weighted by Gasteiger charge is -2.03. The van der Waals surface area contributed by atoms with E-state index in [0.29, 0.717) is 0 Å². The van der Waals surface area contributed by atoms with Gasteiger partial charge in [0.1, 0.15) is 0 Å². The zero-order valence-corrected chi connectivity index (χ0v) is 11.3. The first kappa shape index (κ1) is 12.8. The van der Waals surface area contributed by atoms with E-state index in [4.69, 9.17) is 0 Å². The minimum absolute atomic E-state index is 0.0785. The van der Waals surface area contributed by atoms with E-state index in [9.17, 15) is 4.79 Å². The number of Topliss-reactive ketones (excluding diaryl/α,β-unsaturated/α-hetero) is 1. The number of carbonyl (C=O) groups excluding carboxylic acids is 1. The molecular weight excluding hydrogens is 242 g/mol. The second-order valence-corrected chi connectivity index (χ2v) is 5.21.